The summed E-state index contributed by atoms with van der Waals surface area (Å²) >= 11 is 0. The molecule has 22 heavy (non-hydrogen) atoms. The van der Waals surface area contributed by atoms with Gasteiger partial charge in [0, 0.05) is 52.4 Å². The highest BCUT2D eigenvalue weighted by Crippen LogP contribution is 2.10. The van der Waals surface area contributed by atoms with E-state index >= 15 is 0 Å². The fourth-order valence-electron chi connectivity index (χ4n) is 3.30. The fourth-order valence-corrected chi connectivity index (χ4v) is 3.30. The number of hydrogen-bond acceptors (Lipinski definition) is 6. The minimum absolute atomic E-state index is 0.366. The monoisotopic (exact) mass is 316 g/mol. The lowest BCUT2D eigenvalue weighted by Gasteiger charge is -2.34. The lowest BCUT2D eigenvalue weighted by Crippen LogP contribution is -2.46. The van der Waals surface area contributed by atoms with Crippen molar-refractivity contribution >= 4 is 0 Å². The Hall–Kier alpha value is -0.240. The number of rotatable bonds is 4. The van der Waals surface area contributed by atoms with Crippen molar-refractivity contribution in [2.45, 2.75) is 52.1 Å². The third-order valence-corrected chi connectivity index (χ3v) is 3.88. The first-order chi connectivity index (χ1) is 10.4. The van der Waals surface area contributed by atoms with Gasteiger partial charge in [0.2, 0.25) is 0 Å². The van der Waals surface area contributed by atoms with Crippen LogP contribution < -0.4 is 11.5 Å². The van der Waals surface area contributed by atoms with E-state index < -0.39 is 0 Å². The summed E-state index contributed by atoms with van der Waals surface area (Å²) in [5.74, 6) is 0. The topological polar surface area (TPSA) is 77.0 Å². The average Bonchev–Trinajstić information content (AvgIpc) is 2.37. The molecule has 0 aromatic heterocycles. The van der Waals surface area contributed by atoms with E-state index in [9.17, 15) is 0 Å². The molecule has 2 aliphatic heterocycles. The Morgan fingerprint density at radius 3 is 1.18 bits per heavy atom. The molecular formula is C16H36N4O2. The molecule has 6 nitrogen and oxygen atoms in total. The van der Waals surface area contributed by atoms with Gasteiger partial charge in [-0.3, -0.25) is 9.80 Å². The highest BCUT2D eigenvalue weighted by molar-refractivity contribution is 4.73. The highest BCUT2D eigenvalue weighted by atomic mass is 16.5. The molecule has 2 heterocycles. The van der Waals surface area contributed by atoms with E-state index in [0.29, 0.717) is 24.4 Å². The van der Waals surface area contributed by atoms with Crippen LogP contribution in [0.3, 0.4) is 0 Å². The predicted molar refractivity (Wildman–Crippen MR) is 91.0 cm³/mol. The molecule has 2 fully saturated rings. The van der Waals surface area contributed by atoms with Crippen molar-refractivity contribution in [3.8, 4) is 0 Å². The zero-order valence-corrected chi connectivity index (χ0v) is 14.8. The quantitative estimate of drug-likeness (QED) is 0.766. The van der Waals surface area contributed by atoms with Gasteiger partial charge in [-0.15, -0.1) is 0 Å². The molecule has 0 aliphatic carbocycles. The molecule has 0 aromatic carbocycles. The van der Waals surface area contributed by atoms with E-state index in [1.807, 2.05) is 0 Å². The van der Waals surface area contributed by atoms with Crippen molar-refractivity contribution in [1.29, 1.82) is 0 Å². The average molecular weight is 316 g/mol. The maximum atomic E-state index is 5.58. The summed E-state index contributed by atoms with van der Waals surface area (Å²) in [6.45, 7) is 16.1. The Morgan fingerprint density at radius 1 is 0.682 bits per heavy atom. The molecule has 0 spiro atoms. The van der Waals surface area contributed by atoms with Crippen LogP contribution in [0.1, 0.15) is 27.7 Å². The van der Waals surface area contributed by atoms with Crippen LogP contribution in [0.5, 0.6) is 0 Å². The molecule has 0 saturated carbocycles. The second kappa shape index (κ2) is 10.5. The molecule has 4 atom stereocenters. The fraction of sp³-hybridized carbons (Fsp3) is 1.00. The zero-order valence-electron chi connectivity index (χ0n) is 14.8. The van der Waals surface area contributed by atoms with E-state index in [-0.39, 0.29) is 0 Å². The van der Waals surface area contributed by atoms with Crippen LogP contribution in [-0.2, 0) is 9.47 Å². The van der Waals surface area contributed by atoms with Gasteiger partial charge in [0.25, 0.3) is 0 Å². The van der Waals surface area contributed by atoms with Gasteiger partial charge in [-0.2, -0.15) is 0 Å². The zero-order chi connectivity index (χ0) is 16.5. The van der Waals surface area contributed by atoms with Gasteiger partial charge >= 0.3 is 0 Å². The van der Waals surface area contributed by atoms with Gasteiger partial charge in [-0.05, 0) is 27.7 Å². The smallest absolute Gasteiger partial charge is 0.0678 e. The summed E-state index contributed by atoms with van der Waals surface area (Å²) < 4.78 is 11.2. The van der Waals surface area contributed by atoms with Crippen molar-refractivity contribution in [3.05, 3.63) is 0 Å². The number of hydrogen-bond donors (Lipinski definition) is 2. The third-order valence-electron chi connectivity index (χ3n) is 3.88. The number of morpholine rings is 2. The second-order valence-corrected chi connectivity index (χ2v) is 6.61. The molecule has 2 aliphatic rings. The highest BCUT2D eigenvalue weighted by Gasteiger charge is 2.21. The van der Waals surface area contributed by atoms with Gasteiger partial charge in [0.15, 0.2) is 0 Å². The molecule has 0 amide bonds. The van der Waals surface area contributed by atoms with Gasteiger partial charge < -0.3 is 20.9 Å². The summed E-state index contributed by atoms with van der Waals surface area (Å²) in [7, 11) is 0. The van der Waals surface area contributed by atoms with Crippen LogP contribution in [-0.4, -0.2) is 86.6 Å². The molecule has 6 heteroatoms. The predicted octanol–water partition coefficient (Wildman–Crippen LogP) is 0.109. The van der Waals surface area contributed by atoms with Gasteiger partial charge in [-0.1, -0.05) is 0 Å². The first-order valence-corrected chi connectivity index (χ1v) is 8.60. The SMILES string of the molecule is C[C@@H]1CN(CCN)C[C@H](C)O1.C[C@@H]1CN(CCN)C[C@H](C)O1. The maximum Gasteiger partial charge on any atom is 0.0678 e. The third kappa shape index (κ3) is 7.85. The summed E-state index contributed by atoms with van der Waals surface area (Å²) in [5, 5.41) is 0. The summed E-state index contributed by atoms with van der Waals surface area (Å²) in [4.78, 5) is 4.72. The number of nitrogens with two attached hydrogens (primary N) is 2. The van der Waals surface area contributed by atoms with Crippen LogP contribution >= 0.6 is 0 Å². The van der Waals surface area contributed by atoms with Crippen LogP contribution in [0.15, 0.2) is 0 Å². The first kappa shape index (κ1) is 19.8. The van der Waals surface area contributed by atoms with Crippen molar-refractivity contribution < 1.29 is 9.47 Å². The normalized spacial score (nSPS) is 34.1. The Labute approximate surface area is 136 Å². The molecule has 132 valence electrons. The summed E-state index contributed by atoms with van der Waals surface area (Å²) in [5.41, 5.74) is 10.9. The van der Waals surface area contributed by atoms with Crippen molar-refractivity contribution in [3.63, 3.8) is 0 Å². The number of ether oxygens (including phenoxy) is 2. The van der Waals surface area contributed by atoms with Crippen LogP contribution in [0.4, 0.5) is 0 Å². The van der Waals surface area contributed by atoms with Gasteiger partial charge in [-0.25, -0.2) is 0 Å². The summed E-state index contributed by atoms with van der Waals surface area (Å²) in [6, 6.07) is 0. The molecule has 0 unspecified atom stereocenters. The van der Waals surface area contributed by atoms with Crippen LogP contribution in [0.25, 0.3) is 0 Å². The number of nitrogens with zero attached hydrogens (tertiary/aromatic N) is 2. The maximum absolute atomic E-state index is 5.58. The molecule has 0 aromatic rings. The van der Waals surface area contributed by atoms with Gasteiger partial charge in [0.05, 0.1) is 24.4 Å². The molecule has 0 radical (unpaired) electrons. The Morgan fingerprint density at radius 2 is 0.955 bits per heavy atom. The Balaban J connectivity index is 0.000000220. The Kier molecular flexibility index (Phi) is 9.47. The van der Waals surface area contributed by atoms with E-state index in [1.54, 1.807) is 0 Å². The van der Waals surface area contributed by atoms with Gasteiger partial charge in [0.1, 0.15) is 0 Å². The van der Waals surface area contributed by atoms with Crippen molar-refractivity contribution in [1.82, 2.24) is 9.80 Å². The Bertz CT molecular complexity index is 245. The minimum Gasteiger partial charge on any atom is -0.373 e. The van der Waals surface area contributed by atoms with E-state index in [1.165, 1.54) is 0 Å². The standard InChI is InChI=1S/2C8H18N2O/c2*1-7-5-10(4-3-9)6-8(2)11-7/h2*7-8H,3-6,9H2,1-2H3/t2*7-,8+. The summed E-state index contributed by atoms with van der Waals surface area (Å²) in [6.07, 6.45) is 1.46. The largest absolute Gasteiger partial charge is 0.373 e. The lowest BCUT2D eigenvalue weighted by atomic mass is 10.2. The van der Waals surface area contributed by atoms with E-state index in [2.05, 4.69) is 37.5 Å². The molecule has 4 N–H and O–H groups in total. The molecular weight excluding hydrogens is 280 g/mol. The van der Waals surface area contributed by atoms with Crippen molar-refractivity contribution in [2.75, 3.05) is 52.4 Å². The molecule has 2 rings (SSSR count). The first-order valence-electron chi connectivity index (χ1n) is 8.60. The van der Waals surface area contributed by atoms with Crippen LogP contribution in [0, 0.1) is 0 Å². The molecule has 2 saturated heterocycles. The van der Waals surface area contributed by atoms with Crippen LogP contribution in [0.2, 0.25) is 0 Å². The second-order valence-electron chi connectivity index (χ2n) is 6.61. The van der Waals surface area contributed by atoms with Crippen molar-refractivity contribution in [2.24, 2.45) is 11.5 Å². The minimum atomic E-state index is 0.366. The van der Waals surface area contributed by atoms with E-state index in [4.69, 9.17) is 20.9 Å². The van der Waals surface area contributed by atoms with E-state index in [0.717, 1.165) is 52.4 Å². The lowest BCUT2D eigenvalue weighted by molar-refractivity contribution is -0.0671. The molecule has 0 bridgehead atoms.